The molecule has 4 rings (SSSR count). The van der Waals surface area contributed by atoms with E-state index in [-0.39, 0.29) is 0 Å². The van der Waals surface area contributed by atoms with Crippen molar-refractivity contribution in [3.05, 3.63) is 97.3 Å². The summed E-state index contributed by atoms with van der Waals surface area (Å²) >= 11 is 0. The molecule has 4 aromatic rings. The van der Waals surface area contributed by atoms with Gasteiger partial charge < -0.3 is 4.57 Å². The van der Waals surface area contributed by atoms with Crippen LogP contribution in [0.1, 0.15) is 0 Å². The van der Waals surface area contributed by atoms with E-state index < -0.39 is 7.14 Å². The van der Waals surface area contributed by atoms with Crippen molar-refractivity contribution in [3.63, 3.8) is 0 Å². The summed E-state index contributed by atoms with van der Waals surface area (Å²) in [5.41, 5.74) is 0. The number of rotatable bonds is 3. The standard InChI is InChI=1S/C21H16NOP/c23-24(18-9-3-1-4-10-18,19-11-5-2-6-12-19)21-13-7-8-17-16-22-15-14-20(17)21/h1-16H. The van der Waals surface area contributed by atoms with Crippen LogP contribution in [0.3, 0.4) is 0 Å². The Morgan fingerprint density at radius 1 is 0.667 bits per heavy atom. The lowest BCUT2D eigenvalue weighted by Gasteiger charge is -2.21. The van der Waals surface area contributed by atoms with E-state index in [0.29, 0.717) is 0 Å². The Morgan fingerprint density at radius 3 is 1.92 bits per heavy atom. The number of hydrogen-bond donors (Lipinski definition) is 0. The van der Waals surface area contributed by atoms with Crippen LogP contribution in [0.15, 0.2) is 97.3 Å². The molecular formula is C21H16NOP. The summed E-state index contributed by atoms with van der Waals surface area (Å²) in [4.78, 5) is 4.19. The van der Waals surface area contributed by atoms with Crippen molar-refractivity contribution in [2.45, 2.75) is 0 Å². The first-order chi connectivity index (χ1) is 11.8. The van der Waals surface area contributed by atoms with Crippen LogP contribution < -0.4 is 15.9 Å². The van der Waals surface area contributed by atoms with Gasteiger partial charge in [0, 0.05) is 33.7 Å². The average Bonchev–Trinajstić information content (AvgIpc) is 2.68. The molecule has 24 heavy (non-hydrogen) atoms. The highest BCUT2D eigenvalue weighted by Crippen LogP contribution is 2.44. The summed E-state index contributed by atoms with van der Waals surface area (Å²) in [5, 5.41) is 4.55. The van der Waals surface area contributed by atoms with Crippen LogP contribution in [0.5, 0.6) is 0 Å². The molecule has 0 saturated heterocycles. The summed E-state index contributed by atoms with van der Waals surface area (Å²) in [6.45, 7) is 0. The molecule has 0 radical (unpaired) electrons. The van der Waals surface area contributed by atoms with Crippen molar-refractivity contribution >= 4 is 33.8 Å². The van der Waals surface area contributed by atoms with Gasteiger partial charge in [-0.15, -0.1) is 0 Å². The zero-order valence-electron chi connectivity index (χ0n) is 13.0. The van der Waals surface area contributed by atoms with E-state index in [0.717, 1.165) is 26.7 Å². The second-order valence-corrected chi connectivity index (χ2v) is 8.39. The molecule has 0 aliphatic carbocycles. The van der Waals surface area contributed by atoms with Gasteiger partial charge in [-0.1, -0.05) is 78.9 Å². The summed E-state index contributed by atoms with van der Waals surface area (Å²) in [7, 11) is -2.95. The van der Waals surface area contributed by atoms with Crippen LogP contribution in [0.4, 0.5) is 0 Å². The van der Waals surface area contributed by atoms with E-state index in [2.05, 4.69) is 4.98 Å². The Morgan fingerprint density at radius 2 is 1.29 bits per heavy atom. The van der Waals surface area contributed by atoms with Gasteiger partial charge in [0.1, 0.15) is 0 Å². The number of benzene rings is 3. The lowest BCUT2D eigenvalue weighted by Crippen LogP contribution is -2.25. The maximum absolute atomic E-state index is 14.4. The molecule has 0 fully saturated rings. The van der Waals surface area contributed by atoms with E-state index in [1.165, 1.54) is 0 Å². The Hall–Kier alpha value is -2.70. The summed E-state index contributed by atoms with van der Waals surface area (Å²) in [5.74, 6) is 0. The van der Waals surface area contributed by atoms with E-state index in [9.17, 15) is 4.57 Å². The first-order valence-corrected chi connectivity index (χ1v) is 9.55. The van der Waals surface area contributed by atoms with Gasteiger partial charge in [0.25, 0.3) is 0 Å². The number of hydrogen-bond acceptors (Lipinski definition) is 2. The minimum Gasteiger partial charge on any atom is -0.309 e. The second-order valence-electron chi connectivity index (χ2n) is 5.65. The molecule has 1 heterocycles. The summed E-state index contributed by atoms with van der Waals surface area (Å²) < 4.78 is 14.4. The molecule has 0 spiro atoms. The van der Waals surface area contributed by atoms with Crippen LogP contribution in [-0.2, 0) is 4.57 Å². The normalized spacial score (nSPS) is 11.5. The minimum atomic E-state index is -2.95. The van der Waals surface area contributed by atoms with Crippen LogP contribution in [-0.4, -0.2) is 4.98 Å². The Labute approximate surface area is 141 Å². The van der Waals surface area contributed by atoms with Crippen molar-refractivity contribution in [2.24, 2.45) is 0 Å². The van der Waals surface area contributed by atoms with Gasteiger partial charge >= 0.3 is 0 Å². The van der Waals surface area contributed by atoms with Crippen LogP contribution in [0.2, 0.25) is 0 Å². The SMILES string of the molecule is O=P(c1ccccc1)(c1ccccc1)c1cccc2cnccc12. The molecule has 3 heteroatoms. The predicted octanol–water partition coefficient (Wildman–Crippen LogP) is 3.87. The van der Waals surface area contributed by atoms with Crippen molar-refractivity contribution < 1.29 is 4.57 Å². The third-order valence-electron chi connectivity index (χ3n) is 4.24. The zero-order valence-corrected chi connectivity index (χ0v) is 13.9. The molecule has 3 aromatic carbocycles. The Balaban J connectivity index is 2.09. The molecule has 2 nitrogen and oxygen atoms in total. The maximum Gasteiger partial charge on any atom is 0.171 e. The van der Waals surface area contributed by atoms with Gasteiger partial charge in [0.05, 0.1) is 0 Å². The van der Waals surface area contributed by atoms with Gasteiger partial charge in [0.15, 0.2) is 7.14 Å². The fourth-order valence-corrected chi connectivity index (χ4v) is 5.96. The first kappa shape index (κ1) is 14.9. The average molecular weight is 329 g/mol. The van der Waals surface area contributed by atoms with Gasteiger partial charge in [-0.25, -0.2) is 0 Å². The highest BCUT2D eigenvalue weighted by atomic mass is 31.2. The van der Waals surface area contributed by atoms with Crippen LogP contribution in [0.25, 0.3) is 10.8 Å². The van der Waals surface area contributed by atoms with Crippen LogP contribution in [0, 0.1) is 0 Å². The summed E-state index contributed by atoms with van der Waals surface area (Å²) in [6, 6.07) is 27.4. The van der Waals surface area contributed by atoms with E-state index in [4.69, 9.17) is 0 Å². The van der Waals surface area contributed by atoms with Gasteiger partial charge in [0.2, 0.25) is 0 Å². The lowest BCUT2D eigenvalue weighted by atomic mass is 10.2. The first-order valence-electron chi connectivity index (χ1n) is 7.85. The second kappa shape index (κ2) is 6.07. The van der Waals surface area contributed by atoms with Gasteiger partial charge in [-0.3, -0.25) is 4.98 Å². The quantitative estimate of drug-likeness (QED) is 0.534. The molecule has 0 unspecified atom stereocenters. The third-order valence-corrected chi connectivity index (χ3v) is 7.36. The fraction of sp³-hybridized carbons (Fsp3) is 0. The molecule has 0 atom stereocenters. The zero-order chi connectivity index (χ0) is 16.4. The Kier molecular flexibility index (Phi) is 3.76. The van der Waals surface area contributed by atoms with Crippen molar-refractivity contribution in [1.29, 1.82) is 0 Å². The monoisotopic (exact) mass is 329 g/mol. The van der Waals surface area contributed by atoms with Crippen molar-refractivity contribution in [3.8, 4) is 0 Å². The van der Waals surface area contributed by atoms with E-state index in [1.807, 2.05) is 91.1 Å². The van der Waals surface area contributed by atoms with Crippen molar-refractivity contribution in [2.75, 3.05) is 0 Å². The third kappa shape index (κ3) is 2.36. The molecule has 0 amide bonds. The van der Waals surface area contributed by atoms with Gasteiger partial charge in [-0.05, 0) is 11.5 Å². The largest absolute Gasteiger partial charge is 0.309 e. The minimum absolute atomic E-state index is 0.848. The van der Waals surface area contributed by atoms with Crippen LogP contribution >= 0.6 is 7.14 Å². The molecule has 1 aromatic heterocycles. The molecule has 0 aliphatic rings. The van der Waals surface area contributed by atoms with Gasteiger partial charge in [-0.2, -0.15) is 0 Å². The number of nitrogens with zero attached hydrogens (tertiary/aromatic N) is 1. The molecule has 0 saturated carbocycles. The summed E-state index contributed by atoms with van der Waals surface area (Å²) in [6.07, 6.45) is 3.57. The number of fused-ring (bicyclic) bond motifs is 1. The molecule has 0 N–H and O–H groups in total. The van der Waals surface area contributed by atoms with E-state index in [1.54, 1.807) is 6.20 Å². The molecular weight excluding hydrogens is 313 g/mol. The lowest BCUT2D eigenvalue weighted by molar-refractivity contribution is 0.592. The number of aromatic nitrogens is 1. The Bertz CT molecular complexity index is 980. The molecule has 116 valence electrons. The molecule has 0 bridgehead atoms. The smallest absolute Gasteiger partial charge is 0.171 e. The molecule has 0 aliphatic heterocycles. The number of pyridine rings is 1. The fourth-order valence-electron chi connectivity index (χ4n) is 3.08. The van der Waals surface area contributed by atoms with Crippen molar-refractivity contribution in [1.82, 2.24) is 4.98 Å². The van der Waals surface area contributed by atoms with E-state index >= 15 is 0 Å². The highest BCUT2D eigenvalue weighted by molar-refractivity contribution is 7.85. The highest BCUT2D eigenvalue weighted by Gasteiger charge is 2.30. The maximum atomic E-state index is 14.4. The topological polar surface area (TPSA) is 30.0 Å². The predicted molar refractivity (Wildman–Crippen MR) is 101 cm³/mol.